The first-order chi connectivity index (χ1) is 47.3. The topological polar surface area (TPSA) is 51.6 Å². The van der Waals surface area contributed by atoms with E-state index in [0.717, 1.165) is 39.5 Å². The van der Waals surface area contributed by atoms with Gasteiger partial charge in [0.1, 0.15) is 0 Å². The van der Waals surface area contributed by atoms with Crippen LogP contribution in [0.2, 0.25) is 0 Å². The molecule has 97 heavy (non-hydrogen) atoms. The maximum atomic E-state index is 5.35. The standard InChI is InChI=1S/C70H91N2.2C11H8N.Ir/c1-7-11-15-19-23-27-43-69(44-28-24-20-16-12-8-2)63-47-53(5)31-37-59(63)61-39-35-57(50-65(61)69)68-42-36-58(52-72-68)55-33-38-60-62-40-34-56(67-41-32-54(6)51-71-67)49-66(62)70(64(60)48-55,45-29-25-21-17-13-9-3)46-30-26-22-18-14-10-4;2*1-2-6-10(7-3-1)11-8-4-5-9-12-11;/h31-33,35-42,47-52H,7-30,43-46H2,1-6H3;2*1-6,8-9H;/q3*-1;+3. The Morgan fingerprint density at radius 3 is 1.15 bits per heavy atom. The fourth-order valence-corrected chi connectivity index (χ4v) is 15.2. The van der Waals surface area contributed by atoms with Crippen LogP contribution in [0, 0.1) is 32.0 Å². The Morgan fingerprint density at radius 2 is 0.701 bits per heavy atom. The minimum Gasteiger partial charge on any atom is -0.305 e. The van der Waals surface area contributed by atoms with Crippen molar-refractivity contribution in [2.75, 3.05) is 0 Å². The largest absolute Gasteiger partial charge is 3.00 e. The van der Waals surface area contributed by atoms with Crippen LogP contribution in [0.3, 0.4) is 0 Å². The van der Waals surface area contributed by atoms with Crippen LogP contribution in [0.4, 0.5) is 0 Å². The molecule has 0 saturated heterocycles. The van der Waals surface area contributed by atoms with Crippen LogP contribution < -0.4 is 0 Å². The molecule has 4 nitrogen and oxygen atoms in total. The molecule has 12 rings (SSSR count). The van der Waals surface area contributed by atoms with Gasteiger partial charge in [0.05, 0.1) is 5.69 Å². The first-order valence-electron chi connectivity index (χ1n) is 37.4. The predicted octanol–water partition coefficient (Wildman–Crippen LogP) is 26.5. The molecule has 0 amide bonds. The summed E-state index contributed by atoms with van der Waals surface area (Å²) in [6.45, 7) is 13.7. The second-order valence-corrected chi connectivity index (χ2v) is 27.6. The molecule has 5 heteroatoms. The summed E-state index contributed by atoms with van der Waals surface area (Å²) in [4.78, 5) is 18.7. The molecule has 2 aliphatic rings. The minimum atomic E-state index is -0.0455. The molecule has 0 N–H and O–H groups in total. The fourth-order valence-electron chi connectivity index (χ4n) is 15.2. The van der Waals surface area contributed by atoms with Gasteiger partial charge >= 0.3 is 20.1 Å². The summed E-state index contributed by atoms with van der Waals surface area (Å²) < 4.78 is 0. The molecule has 0 unspecified atom stereocenters. The molecule has 0 atom stereocenters. The summed E-state index contributed by atoms with van der Waals surface area (Å²) in [5.41, 5.74) is 25.4. The van der Waals surface area contributed by atoms with Crippen molar-refractivity contribution in [3.8, 4) is 78.4 Å². The van der Waals surface area contributed by atoms with Crippen molar-refractivity contribution >= 4 is 0 Å². The summed E-state index contributed by atoms with van der Waals surface area (Å²) in [6.07, 6.45) is 44.3. The molecule has 0 aliphatic heterocycles. The molecule has 0 bridgehead atoms. The van der Waals surface area contributed by atoms with E-state index in [1.807, 2.05) is 91.1 Å². The van der Waals surface area contributed by atoms with Crippen molar-refractivity contribution < 1.29 is 20.1 Å². The van der Waals surface area contributed by atoms with Gasteiger partial charge in [-0.2, -0.15) is 0 Å². The minimum absolute atomic E-state index is 0. The van der Waals surface area contributed by atoms with E-state index in [4.69, 9.17) is 9.97 Å². The number of aryl methyl sites for hydroxylation is 2. The number of rotatable bonds is 33. The van der Waals surface area contributed by atoms with Gasteiger partial charge in [-0.15, -0.1) is 101 Å². The molecular formula is C92H107IrN4. The molecule has 2 aliphatic carbocycles. The molecule has 0 radical (unpaired) electrons. The molecule has 0 fully saturated rings. The Balaban J connectivity index is 0.000000364. The summed E-state index contributed by atoms with van der Waals surface area (Å²) in [6, 6.07) is 73.3. The molecular weight excluding hydrogens is 1350 g/mol. The summed E-state index contributed by atoms with van der Waals surface area (Å²) >= 11 is 0. The predicted molar refractivity (Wildman–Crippen MR) is 408 cm³/mol. The van der Waals surface area contributed by atoms with Crippen LogP contribution in [0.25, 0.3) is 78.4 Å². The van der Waals surface area contributed by atoms with Gasteiger partial charge in [0, 0.05) is 46.7 Å². The molecule has 0 spiro atoms. The van der Waals surface area contributed by atoms with E-state index in [1.54, 1.807) is 23.5 Å². The third kappa shape index (κ3) is 19.5. The van der Waals surface area contributed by atoms with E-state index in [0.29, 0.717) is 0 Å². The maximum absolute atomic E-state index is 5.35. The summed E-state index contributed by atoms with van der Waals surface area (Å²) in [7, 11) is 0. The normalized spacial score (nSPS) is 12.6. The zero-order chi connectivity index (χ0) is 66.6. The molecule has 504 valence electrons. The van der Waals surface area contributed by atoms with Crippen molar-refractivity contribution in [1.82, 2.24) is 19.9 Å². The average Bonchev–Trinajstić information content (AvgIpc) is 1.58. The van der Waals surface area contributed by atoms with Gasteiger partial charge in [-0.25, -0.2) is 0 Å². The SMILES string of the molecule is CCCCCCCCC1(CCCCCCCC)c2cc(-c3ccc(C)cn3)[c-]cc2-c2ccc(-c3ccc(-c4ccc5c(c4)C(CCCCCCCC)(CCCCCCCC)c4cc(C)ccc4-5)nc3)cc21.[Ir+3].[c-]1ccccc1-c1ccccn1.[c-]1ccccc1-c1ccccn1. The third-order valence-electron chi connectivity index (χ3n) is 20.5. The second-order valence-electron chi connectivity index (χ2n) is 27.6. The van der Waals surface area contributed by atoms with E-state index in [1.165, 1.54) is 241 Å². The number of aromatic nitrogens is 4. The van der Waals surface area contributed by atoms with Crippen LogP contribution in [-0.2, 0) is 30.9 Å². The second kappa shape index (κ2) is 38.6. The number of unbranched alkanes of at least 4 members (excludes halogenated alkanes) is 20. The Bertz CT molecular complexity index is 3720. The zero-order valence-electron chi connectivity index (χ0n) is 59.5. The number of hydrogen-bond acceptors (Lipinski definition) is 4. The van der Waals surface area contributed by atoms with Gasteiger partial charge in [-0.1, -0.05) is 289 Å². The fraction of sp³-hybridized carbons (Fsp3) is 0.391. The first-order valence-corrected chi connectivity index (χ1v) is 37.4. The molecule has 4 aromatic heterocycles. The quantitative estimate of drug-likeness (QED) is 0.0304. The van der Waals surface area contributed by atoms with Crippen LogP contribution in [0.1, 0.15) is 241 Å². The van der Waals surface area contributed by atoms with Crippen LogP contribution in [-0.4, -0.2) is 19.9 Å². The first kappa shape index (κ1) is 73.8. The smallest absolute Gasteiger partial charge is 0.305 e. The molecule has 10 aromatic rings. The van der Waals surface area contributed by atoms with Crippen LogP contribution in [0.15, 0.2) is 201 Å². The van der Waals surface area contributed by atoms with Crippen molar-refractivity contribution in [2.24, 2.45) is 0 Å². The van der Waals surface area contributed by atoms with Gasteiger partial charge < -0.3 is 15.0 Å². The van der Waals surface area contributed by atoms with E-state index in [2.05, 4.69) is 167 Å². The summed E-state index contributed by atoms with van der Waals surface area (Å²) in [5.74, 6) is 0. The number of benzene rings is 6. The number of fused-ring (bicyclic) bond motifs is 6. The number of pyridine rings is 4. The zero-order valence-corrected chi connectivity index (χ0v) is 61.9. The molecule has 4 heterocycles. The number of hydrogen-bond donors (Lipinski definition) is 0. The van der Waals surface area contributed by atoms with Gasteiger partial charge in [-0.05, 0) is 120 Å². The van der Waals surface area contributed by atoms with Crippen LogP contribution in [0.5, 0.6) is 0 Å². The van der Waals surface area contributed by atoms with Crippen LogP contribution >= 0.6 is 0 Å². The molecule has 6 aromatic carbocycles. The van der Waals surface area contributed by atoms with Gasteiger partial charge in [-0.3, -0.25) is 4.98 Å². The average molecular weight is 1460 g/mol. The van der Waals surface area contributed by atoms with Crippen molar-refractivity contribution in [3.05, 3.63) is 252 Å². The Hall–Kier alpha value is -7.43. The Morgan fingerprint density at radius 1 is 0.299 bits per heavy atom. The van der Waals surface area contributed by atoms with Gasteiger partial charge in [0.25, 0.3) is 0 Å². The van der Waals surface area contributed by atoms with Crippen molar-refractivity contribution in [3.63, 3.8) is 0 Å². The molecule has 0 saturated carbocycles. The van der Waals surface area contributed by atoms with Gasteiger partial charge in [0.2, 0.25) is 0 Å². The van der Waals surface area contributed by atoms with E-state index in [9.17, 15) is 0 Å². The van der Waals surface area contributed by atoms with E-state index >= 15 is 0 Å². The Labute approximate surface area is 598 Å². The maximum Gasteiger partial charge on any atom is 3.00 e. The number of nitrogens with zero attached hydrogens (tertiary/aromatic N) is 4. The van der Waals surface area contributed by atoms with Crippen molar-refractivity contribution in [2.45, 2.75) is 232 Å². The van der Waals surface area contributed by atoms with E-state index in [-0.39, 0.29) is 30.9 Å². The monoisotopic (exact) mass is 1460 g/mol. The third-order valence-corrected chi connectivity index (χ3v) is 20.5. The van der Waals surface area contributed by atoms with Crippen molar-refractivity contribution in [1.29, 1.82) is 0 Å². The van der Waals surface area contributed by atoms with Gasteiger partial charge in [0.15, 0.2) is 0 Å². The van der Waals surface area contributed by atoms with E-state index < -0.39 is 0 Å². The Kier molecular flexibility index (Phi) is 29.4. The summed E-state index contributed by atoms with van der Waals surface area (Å²) in [5, 5.41) is 0.